The lowest BCUT2D eigenvalue weighted by molar-refractivity contribution is -0.384. The molecule has 0 radical (unpaired) electrons. The second-order valence-electron chi connectivity index (χ2n) is 8.80. The molecule has 1 aliphatic heterocycles. The summed E-state index contributed by atoms with van der Waals surface area (Å²) in [4.78, 5) is 39.6. The predicted molar refractivity (Wildman–Crippen MR) is 134 cm³/mol. The van der Waals surface area contributed by atoms with E-state index < -0.39 is 28.0 Å². The Morgan fingerprint density at radius 2 is 1.66 bits per heavy atom. The highest BCUT2D eigenvalue weighted by Gasteiger charge is 2.34. The Balaban J connectivity index is 1.34. The molecule has 1 fully saturated rings. The molecule has 0 atom stereocenters. The fourth-order valence-electron chi connectivity index (χ4n) is 4.53. The van der Waals surface area contributed by atoms with Crippen LogP contribution in [0.2, 0.25) is 0 Å². The molecule has 4 aromatic rings. The number of para-hydroxylation sites is 1. The van der Waals surface area contributed by atoms with Crippen LogP contribution in [0.1, 0.15) is 15.9 Å². The number of carbonyl (C=O) groups excluding carboxylic acids is 1. The van der Waals surface area contributed by atoms with Gasteiger partial charge in [0.2, 0.25) is 0 Å². The Bertz CT molecular complexity index is 1610. The van der Waals surface area contributed by atoms with Gasteiger partial charge in [0.1, 0.15) is 11.3 Å². The lowest BCUT2D eigenvalue weighted by atomic mass is 10.0. The first-order valence-corrected chi connectivity index (χ1v) is 11.6. The van der Waals surface area contributed by atoms with E-state index in [0.717, 1.165) is 17.5 Å². The van der Waals surface area contributed by atoms with E-state index >= 15 is 0 Å². The van der Waals surface area contributed by atoms with Gasteiger partial charge in [-0.15, -0.1) is 0 Å². The number of rotatable bonds is 4. The first-order valence-electron chi connectivity index (χ1n) is 11.6. The van der Waals surface area contributed by atoms with E-state index in [1.165, 1.54) is 0 Å². The Labute approximate surface area is 213 Å². The van der Waals surface area contributed by atoms with Crippen molar-refractivity contribution in [2.75, 3.05) is 31.1 Å². The summed E-state index contributed by atoms with van der Waals surface area (Å²) in [6.07, 6.45) is -4.70. The van der Waals surface area contributed by atoms with E-state index in [1.807, 2.05) is 12.1 Å². The third-order valence-electron chi connectivity index (χ3n) is 6.47. The molecule has 8 nitrogen and oxygen atoms in total. The van der Waals surface area contributed by atoms with E-state index in [0.29, 0.717) is 28.3 Å². The number of carbonyl (C=O) groups is 1. The minimum absolute atomic E-state index is 0.0696. The molecule has 0 unspecified atom stereocenters. The molecule has 11 heteroatoms. The molecule has 2 heterocycles. The summed E-state index contributed by atoms with van der Waals surface area (Å²) < 4.78 is 44.5. The summed E-state index contributed by atoms with van der Waals surface area (Å²) in [6, 6.07) is 17.9. The van der Waals surface area contributed by atoms with Crippen LogP contribution in [0.4, 0.5) is 24.5 Å². The molecule has 3 aromatic carbocycles. The predicted octanol–water partition coefficient (Wildman–Crippen LogP) is 5.35. The smallest absolute Gasteiger partial charge is 0.416 e. The van der Waals surface area contributed by atoms with Gasteiger partial charge in [0.05, 0.1) is 16.1 Å². The van der Waals surface area contributed by atoms with Crippen LogP contribution in [0, 0.1) is 10.1 Å². The average molecular weight is 523 g/mol. The number of anilines is 1. The number of nitro groups is 1. The highest BCUT2D eigenvalue weighted by molar-refractivity contribution is 5.96. The third-order valence-corrected chi connectivity index (χ3v) is 6.47. The summed E-state index contributed by atoms with van der Waals surface area (Å²) >= 11 is 0. The van der Waals surface area contributed by atoms with Crippen LogP contribution in [0.3, 0.4) is 0 Å². The van der Waals surface area contributed by atoms with Crippen LogP contribution in [-0.4, -0.2) is 41.9 Å². The Morgan fingerprint density at radius 1 is 0.921 bits per heavy atom. The van der Waals surface area contributed by atoms with Gasteiger partial charge >= 0.3 is 11.8 Å². The zero-order valence-corrected chi connectivity index (χ0v) is 19.8. The number of amides is 1. The first kappa shape index (κ1) is 25.0. The van der Waals surface area contributed by atoms with E-state index in [1.54, 1.807) is 52.3 Å². The molecule has 1 amide bonds. The van der Waals surface area contributed by atoms with Crippen molar-refractivity contribution in [3.05, 3.63) is 104 Å². The van der Waals surface area contributed by atoms with Crippen molar-refractivity contribution in [3.63, 3.8) is 0 Å². The van der Waals surface area contributed by atoms with E-state index in [2.05, 4.69) is 0 Å². The van der Waals surface area contributed by atoms with Gasteiger partial charge in [-0.2, -0.15) is 13.2 Å². The monoisotopic (exact) mass is 523 g/mol. The Kier molecular flexibility index (Phi) is 6.35. The van der Waals surface area contributed by atoms with Gasteiger partial charge in [-0.1, -0.05) is 30.3 Å². The van der Waals surface area contributed by atoms with Crippen LogP contribution < -0.4 is 10.5 Å². The second kappa shape index (κ2) is 9.66. The number of hydrogen-bond donors (Lipinski definition) is 0. The van der Waals surface area contributed by atoms with Crippen LogP contribution in [-0.2, 0) is 6.18 Å². The summed E-state index contributed by atoms with van der Waals surface area (Å²) in [5.74, 6) is -0.293. The highest BCUT2D eigenvalue weighted by Crippen LogP contribution is 2.37. The van der Waals surface area contributed by atoms with Gasteiger partial charge in [0.15, 0.2) is 0 Å². The van der Waals surface area contributed by atoms with Crippen LogP contribution in [0.5, 0.6) is 0 Å². The fraction of sp³-hybridized carbons (Fsp3) is 0.185. The molecule has 1 aromatic heterocycles. The van der Waals surface area contributed by atoms with E-state index in [9.17, 15) is 32.9 Å². The molecule has 0 spiro atoms. The maximum atomic E-state index is 13.2. The molecule has 0 bridgehead atoms. The summed E-state index contributed by atoms with van der Waals surface area (Å²) in [7, 11) is 0. The topological polar surface area (TPSA) is 96.9 Å². The Morgan fingerprint density at radius 3 is 2.37 bits per heavy atom. The molecule has 0 saturated carbocycles. The third kappa shape index (κ3) is 4.82. The maximum absolute atomic E-state index is 13.2. The van der Waals surface area contributed by atoms with Gasteiger partial charge < -0.3 is 14.2 Å². The normalized spacial score (nSPS) is 14.1. The number of halogens is 3. The number of nitrogens with zero attached hydrogens (tertiary/aromatic N) is 3. The minimum Gasteiger partial charge on any atom is -0.422 e. The van der Waals surface area contributed by atoms with Gasteiger partial charge in [-0.05, 0) is 42.0 Å². The van der Waals surface area contributed by atoms with E-state index in [-0.39, 0.29) is 37.8 Å². The van der Waals surface area contributed by atoms with Crippen molar-refractivity contribution in [1.82, 2.24) is 4.90 Å². The summed E-state index contributed by atoms with van der Waals surface area (Å²) in [5.41, 5.74) is -0.542. The molecule has 5 rings (SSSR count). The largest absolute Gasteiger partial charge is 0.422 e. The van der Waals surface area contributed by atoms with Gasteiger partial charge in [0.25, 0.3) is 11.6 Å². The summed E-state index contributed by atoms with van der Waals surface area (Å²) in [6.45, 7) is 0.816. The molecule has 0 N–H and O–H groups in total. The molecule has 38 heavy (non-hydrogen) atoms. The number of hydrogen-bond acceptors (Lipinski definition) is 6. The molecule has 0 aliphatic carbocycles. The number of benzene rings is 3. The molecular formula is C27H20F3N3O5. The molecule has 1 aliphatic rings. The Hall–Kier alpha value is -4.67. The highest BCUT2D eigenvalue weighted by atomic mass is 19.4. The van der Waals surface area contributed by atoms with Gasteiger partial charge in [0, 0.05) is 43.2 Å². The van der Waals surface area contributed by atoms with Crippen molar-refractivity contribution in [2.24, 2.45) is 0 Å². The van der Waals surface area contributed by atoms with Crippen molar-refractivity contribution in [2.45, 2.75) is 6.18 Å². The zero-order chi connectivity index (χ0) is 27.0. The average Bonchev–Trinajstić information content (AvgIpc) is 2.91. The second-order valence-corrected chi connectivity index (χ2v) is 8.80. The molecule has 1 saturated heterocycles. The van der Waals surface area contributed by atoms with E-state index in [4.69, 9.17) is 4.42 Å². The minimum atomic E-state index is -4.70. The fourth-order valence-corrected chi connectivity index (χ4v) is 4.53. The van der Waals surface area contributed by atoms with Crippen LogP contribution in [0.15, 0.2) is 82.0 Å². The van der Waals surface area contributed by atoms with Crippen molar-refractivity contribution < 1.29 is 27.3 Å². The van der Waals surface area contributed by atoms with Crippen molar-refractivity contribution in [3.8, 4) is 11.1 Å². The summed E-state index contributed by atoms with van der Waals surface area (Å²) in [5, 5.41) is 12.2. The number of fused-ring (bicyclic) bond motifs is 1. The number of piperazine rings is 1. The van der Waals surface area contributed by atoms with Crippen LogP contribution in [0.25, 0.3) is 22.1 Å². The molecular weight excluding hydrogens is 503 g/mol. The van der Waals surface area contributed by atoms with Gasteiger partial charge in [-0.3, -0.25) is 14.9 Å². The maximum Gasteiger partial charge on any atom is 0.416 e. The van der Waals surface area contributed by atoms with Crippen molar-refractivity contribution in [1.29, 1.82) is 0 Å². The lowest BCUT2D eigenvalue weighted by Crippen LogP contribution is -2.49. The number of alkyl halides is 3. The zero-order valence-electron chi connectivity index (χ0n) is 19.8. The quantitative estimate of drug-likeness (QED) is 0.203. The van der Waals surface area contributed by atoms with Crippen molar-refractivity contribution >= 4 is 28.3 Å². The lowest BCUT2D eigenvalue weighted by Gasteiger charge is -2.36. The first-order chi connectivity index (χ1) is 18.1. The SMILES string of the molecule is O=C(c1cccc(-c2cc3ccccc3oc2=O)c1)N1CCN(c2ccc(C(F)(F)F)cc2[N+](=O)[O-])CC1. The van der Waals surface area contributed by atoms with Gasteiger partial charge in [-0.25, -0.2) is 4.79 Å². The van der Waals surface area contributed by atoms with Crippen LogP contribution >= 0.6 is 0 Å². The standard InChI is InChI=1S/C27H20F3N3O5/c28-27(29,30)20-8-9-22(23(16-20)33(36)37)31-10-12-32(13-11-31)25(34)19-6-3-5-17(14-19)21-15-18-4-1-2-7-24(18)38-26(21)35/h1-9,14-16H,10-13H2. The molecule has 194 valence electrons. The number of nitro benzene ring substituents is 1.